The summed E-state index contributed by atoms with van der Waals surface area (Å²) in [5.41, 5.74) is -0.166. The van der Waals surface area contributed by atoms with E-state index in [1.54, 1.807) is 6.20 Å². The van der Waals surface area contributed by atoms with Crippen LogP contribution in [0.1, 0.15) is 63.6 Å². The Balaban J connectivity index is 1.67. The standard InChI is InChI=1S/C18H29N3O2/c1-2-23-13-9-18(7-3-4-8-18)17(22)21-12-5-6-15(14-21)16-19-10-11-20-16/h10-11,15H,2-9,12-14H2,1H3,(H,19,20)/t15-/m1/s1. The third-order valence-electron chi connectivity index (χ3n) is 5.56. The molecular formula is C18H29N3O2. The zero-order valence-corrected chi connectivity index (χ0v) is 14.2. The van der Waals surface area contributed by atoms with Gasteiger partial charge in [0.15, 0.2) is 0 Å². The van der Waals surface area contributed by atoms with Crippen LogP contribution in [0, 0.1) is 5.41 Å². The summed E-state index contributed by atoms with van der Waals surface area (Å²) in [7, 11) is 0. The van der Waals surface area contributed by atoms with Gasteiger partial charge in [0, 0.05) is 44.6 Å². The number of carbonyl (C=O) groups is 1. The first kappa shape index (κ1) is 16.5. The summed E-state index contributed by atoms with van der Waals surface area (Å²) in [5.74, 6) is 1.75. The lowest BCUT2D eigenvalue weighted by Gasteiger charge is -2.38. The maximum absolute atomic E-state index is 13.3. The van der Waals surface area contributed by atoms with Crippen molar-refractivity contribution in [1.82, 2.24) is 14.9 Å². The Morgan fingerprint density at radius 1 is 1.43 bits per heavy atom. The highest BCUT2D eigenvalue weighted by molar-refractivity contribution is 5.83. The Hall–Kier alpha value is -1.36. The van der Waals surface area contributed by atoms with Crippen LogP contribution in [0.15, 0.2) is 12.4 Å². The second-order valence-electron chi connectivity index (χ2n) is 7.00. The van der Waals surface area contributed by atoms with E-state index in [1.165, 1.54) is 12.8 Å². The first-order valence-corrected chi connectivity index (χ1v) is 9.11. The van der Waals surface area contributed by atoms with E-state index in [-0.39, 0.29) is 5.41 Å². The smallest absolute Gasteiger partial charge is 0.228 e. The molecule has 5 heteroatoms. The van der Waals surface area contributed by atoms with E-state index < -0.39 is 0 Å². The lowest BCUT2D eigenvalue weighted by atomic mass is 9.80. The van der Waals surface area contributed by atoms with Gasteiger partial charge in [0.05, 0.1) is 5.41 Å². The zero-order valence-electron chi connectivity index (χ0n) is 14.2. The van der Waals surface area contributed by atoms with E-state index in [2.05, 4.69) is 14.9 Å². The number of ether oxygens (including phenoxy) is 1. The van der Waals surface area contributed by atoms with E-state index >= 15 is 0 Å². The predicted molar refractivity (Wildman–Crippen MR) is 89.2 cm³/mol. The van der Waals surface area contributed by atoms with Gasteiger partial charge in [-0.2, -0.15) is 0 Å². The summed E-state index contributed by atoms with van der Waals surface area (Å²) < 4.78 is 5.55. The summed E-state index contributed by atoms with van der Waals surface area (Å²) in [6.07, 6.45) is 11.1. The van der Waals surface area contributed by atoms with Crippen molar-refractivity contribution in [3.63, 3.8) is 0 Å². The zero-order chi connectivity index (χ0) is 16.1. The maximum atomic E-state index is 13.3. The number of rotatable bonds is 6. The fraction of sp³-hybridized carbons (Fsp3) is 0.778. The maximum Gasteiger partial charge on any atom is 0.228 e. The summed E-state index contributed by atoms with van der Waals surface area (Å²) >= 11 is 0. The molecular weight excluding hydrogens is 290 g/mol. The topological polar surface area (TPSA) is 58.2 Å². The SMILES string of the molecule is CCOCCC1(C(=O)N2CCC[C@@H](c3ncc[nH]3)C2)CCCC1. The molecule has 0 radical (unpaired) electrons. The van der Waals surface area contributed by atoms with E-state index in [9.17, 15) is 4.79 Å². The second-order valence-corrected chi connectivity index (χ2v) is 7.00. The molecule has 1 aromatic heterocycles. The number of aromatic amines is 1. The van der Waals surface area contributed by atoms with Crippen LogP contribution in [0.4, 0.5) is 0 Å². The fourth-order valence-electron chi connectivity index (χ4n) is 4.26. The van der Waals surface area contributed by atoms with Gasteiger partial charge >= 0.3 is 0 Å². The summed E-state index contributed by atoms with van der Waals surface area (Å²) in [6.45, 7) is 5.16. The van der Waals surface area contributed by atoms with Gasteiger partial charge in [-0.05, 0) is 39.0 Å². The minimum Gasteiger partial charge on any atom is -0.382 e. The van der Waals surface area contributed by atoms with Gasteiger partial charge in [-0.25, -0.2) is 4.98 Å². The molecule has 2 heterocycles. The Labute approximate surface area is 138 Å². The van der Waals surface area contributed by atoms with Crippen molar-refractivity contribution in [3.8, 4) is 0 Å². The largest absolute Gasteiger partial charge is 0.382 e. The van der Waals surface area contributed by atoms with Crippen molar-refractivity contribution in [3.05, 3.63) is 18.2 Å². The molecule has 0 aromatic carbocycles. The molecule has 128 valence electrons. The summed E-state index contributed by atoms with van der Waals surface area (Å²) in [5, 5.41) is 0. The first-order chi connectivity index (χ1) is 11.2. The monoisotopic (exact) mass is 319 g/mol. The van der Waals surface area contributed by atoms with Gasteiger partial charge in [0.25, 0.3) is 0 Å². The van der Waals surface area contributed by atoms with Crippen LogP contribution in [-0.4, -0.2) is 47.1 Å². The molecule has 23 heavy (non-hydrogen) atoms. The predicted octanol–water partition coefficient (Wildman–Crippen LogP) is 3.10. The van der Waals surface area contributed by atoms with Gasteiger partial charge in [0.2, 0.25) is 5.91 Å². The number of H-pyrrole nitrogens is 1. The molecule has 5 nitrogen and oxygen atoms in total. The molecule has 1 aliphatic heterocycles. The summed E-state index contributed by atoms with van der Waals surface area (Å²) in [4.78, 5) is 23.0. The molecule has 1 saturated carbocycles. The molecule has 0 spiro atoms. The molecule has 1 aromatic rings. The van der Waals surface area contributed by atoms with Crippen molar-refractivity contribution in [1.29, 1.82) is 0 Å². The average Bonchev–Trinajstić information content (AvgIpc) is 3.27. The molecule has 0 bridgehead atoms. The van der Waals surface area contributed by atoms with Crippen molar-refractivity contribution in [2.75, 3.05) is 26.3 Å². The molecule has 3 rings (SSSR count). The lowest BCUT2D eigenvalue weighted by Crippen LogP contribution is -2.47. The van der Waals surface area contributed by atoms with Crippen LogP contribution in [0.25, 0.3) is 0 Å². The number of hydrogen-bond donors (Lipinski definition) is 1. The number of carbonyl (C=O) groups excluding carboxylic acids is 1. The van der Waals surface area contributed by atoms with E-state index in [0.717, 1.165) is 57.6 Å². The minimum atomic E-state index is -0.166. The Morgan fingerprint density at radius 3 is 2.96 bits per heavy atom. The van der Waals surface area contributed by atoms with Crippen LogP contribution >= 0.6 is 0 Å². The quantitative estimate of drug-likeness (QED) is 0.820. The number of likely N-dealkylation sites (tertiary alicyclic amines) is 1. The highest BCUT2D eigenvalue weighted by atomic mass is 16.5. The van der Waals surface area contributed by atoms with Crippen molar-refractivity contribution >= 4 is 5.91 Å². The third kappa shape index (κ3) is 3.60. The number of hydrogen-bond acceptors (Lipinski definition) is 3. The molecule has 1 aliphatic carbocycles. The van der Waals surface area contributed by atoms with Gasteiger partial charge in [-0.15, -0.1) is 0 Å². The number of imidazole rings is 1. The Bertz CT molecular complexity index is 494. The van der Waals surface area contributed by atoms with E-state index in [1.807, 2.05) is 13.1 Å². The number of nitrogens with one attached hydrogen (secondary N) is 1. The van der Waals surface area contributed by atoms with Gasteiger partial charge in [-0.1, -0.05) is 12.8 Å². The fourth-order valence-corrected chi connectivity index (χ4v) is 4.26. The Kier molecular flexibility index (Phi) is 5.36. The average molecular weight is 319 g/mol. The van der Waals surface area contributed by atoms with Crippen LogP contribution < -0.4 is 0 Å². The Morgan fingerprint density at radius 2 is 2.26 bits per heavy atom. The van der Waals surface area contributed by atoms with E-state index in [4.69, 9.17) is 4.74 Å². The van der Waals surface area contributed by atoms with Gasteiger partial charge in [0.1, 0.15) is 5.82 Å². The number of aromatic nitrogens is 2. The third-order valence-corrected chi connectivity index (χ3v) is 5.56. The highest BCUT2D eigenvalue weighted by Crippen LogP contribution is 2.43. The van der Waals surface area contributed by atoms with E-state index in [0.29, 0.717) is 18.4 Å². The van der Waals surface area contributed by atoms with Crippen LogP contribution in [-0.2, 0) is 9.53 Å². The molecule has 1 saturated heterocycles. The van der Waals surface area contributed by atoms with Gasteiger partial charge in [-0.3, -0.25) is 4.79 Å². The highest BCUT2D eigenvalue weighted by Gasteiger charge is 2.44. The molecule has 0 unspecified atom stereocenters. The van der Waals surface area contributed by atoms with Crippen LogP contribution in [0.5, 0.6) is 0 Å². The van der Waals surface area contributed by atoms with Crippen molar-refractivity contribution in [2.45, 2.75) is 57.8 Å². The normalized spacial score (nSPS) is 24.0. The van der Waals surface area contributed by atoms with Crippen molar-refractivity contribution in [2.24, 2.45) is 5.41 Å². The molecule has 1 N–H and O–H groups in total. The number of nitrogens with zero attached hydrogens (tertiary/aromatic N) is 2. The van der Waals surface area contributed by atoms with Crippen LogP contribution in [0.2, 0.25) is 0 Å². The minimum absolute atomic E-state index is 0.166. The number of piperidine rings is 1. The number of amides is 1. The lowest BCUT2D eigenvalue weighted by molar-refractivity contribution is -0.144. The molecule has 2 aliphatic rings. The summed E-state index contributed by atoms with van der Waals surface area (Å²) in [6, 6.07) is 0. The molecule has 1 amide bonds. The molecule has 1 atom stereocenters. The van der Waals surface area contributed by atoms with Crippen molar-refractivity contribution < 1.29 is 9.53 Å². The van der Waals surface area contributed by atoms with Gasteiger partial charge < -0.3 is 14.6 Å². The molecule has 2 fully saturated rings. The van der Waals surface area contributed by atoms with Crippen LogP contribution in [0.3, 0.4) is 0 Å². The second kappa shape index (κ2) is 7.47. The first-order valence-electron chi connectivity index (χ1n) is 9.11.